The number of nitrogens with zero attached hydrogens (tertiary/aromatic N) is 4. The fourth-order valence-corrected chi connectivity index (χ4v) is 3.15. The first-order valence-corrected chi connectivity index (χ1v) is 6.62. The lowest BCUT2D eigenvalue weighted by Crippen LogP contribution is -2.31. The Bertz CT molecular complexity index is 372. The van der Waals surface area contributed by atoms with E-state index in [2.05, 4.69) is 15.2 Å². The van der Waals surface area contributed by atoms with Crippen LogP contribution in [0.1, 0.15) is 43.8 Å². The standard InChI is InChI=1S/C12H20N4O/c17-9-10-7-16(14-13-10)12-5-6-15(8-12)11-3-1-2-4-11/h7,11-12,17H,1-6,8-9H2/t12-/m1/s1. The molecule has 5 nitrogen and oxygen atoms in total. The zero-order valence-corrected chi connectivity index (χ0v) is 10.1. The quantitative estimate of drug-likeness (QED) is 0.849. The van der Waals surface area contributed by atoms with E-state index in [1.807, 2.05) is 10.9 Å². The van der Waals surface area contributed by atoms with Crippen molar-refractivity contribution in [3.63, 3.8) is 0 Å². The van der Waals surface area contributed by atoms with E-state index >= 15 is 0 Å². The molecule has 2 heterocycles. The van der Waals surface area contributed by atoms with Crippen LogP contribution in [-0.2, 0) is 6.61 Å². The van der Waals surface area contributed by atoms with Crippen LogP contribution in [0, 0.1) is 0 Å². The van der Waals surface area contributed by atoms with E-state index in [0.717, 1.165) is 19.0 Å². The Kier molecular flexibility index (Phi) is 3.11. The van der Waals surface area contributed by atoms with E-state index in [1.165, 1.54) is 32.2 Å². The van der Waals surface area contributed by atoms with Crippen molar-refractivity contribution in [3.8, 4) is 0 Å². The summed E-state index contributed by atoms with van der Waals surface area (Å²) < 4.78 is 1.93. The Labute approximate surface area is 101 Å². The SMILES string of the molecule is OCc1cn([C@@H]2CCN(C3CCCC3)C2)nn1. The van der Waals surface area contributed by atoms with Crippen molar-refractivity contribution in [2.45, 2.75) is 50.8 Å². The Morgan fingerprint density at radius 3 is 2.76 bits per heavy atom. The first kappa shape index (κ1) is 11.2. The lowest BCUT2D eigenvalue weighted by Gasteiger charge is -2.23. The molecular formula is C12H20N4O. The third-order valence-electron chi connectivity index (χ3n) is 4.13. The normalized spacial score (nSPS) is 27.0. The molecule has 0 radical (unpaired) electrons. The summed E-state index contributed by atoms with van der Waals surface area (Å²) >= 11 is 0. The van der Waals surface area contributed by atoms with Gasteiger partial charge in [0.2, 0.25) is 0 Å². The van der Waals surface area contributed by atoms with Crippen molar-refractivity contribution in [2.24, 2.45) is 0 Å². The van der Waals surface area contributed by atoms with Gasteiger partial charge in [0.25, 0.3) is 0 Å². The van der Waals surface area contributed by atoms with Crippen LogP contribution in [-0.4, -0.2) is 44.1 Å². The highest BCUT2D eigenvalue weighted by atomic mass is 16.3. The molecule has 1 aromatic rings. The van der Waals surface area contributed by atoms with Crippen LogP contribution in [0.2, 0.25) is 0 Å². The predicted molar refractivity (Wildman–Crippen MR) is 63.4 cm³/mol. The average Bonchev–Trinajstić information content (AvgIpc) is 3.09. The van der Waals surface area contributed by atoms with E-state index in [-0.39, 0.29) is 6.61 Å². The molecule has 0 aromatic carbocycles. The summed E-state index contributed by atoms with van der Waals surface area (Å²) in [6.07, 6.45) is 8.55. The smallest absolute Gasteiger partial charge is 0.108 e. The predicted octanol–water partition coefficient (Wildman–Crippen LogP) is 0.960. The van der Waals surface area contributed by atoms with Gasteiger partial charge < -0.3 is 5.11 Å². The third-order valence-corrected chi connectivity index (χ3v) is 4.13. The Morgan fingerprint density at radius 1 is 1.24 bits per heavy atom. The molecule has 1 saturated carbocycles. The molecule has 1 aliphatic heterocycles. The van der Waals surface area contributed by atoms with Crippen LogP contribution in [0.5, 0.6) is 0 Å². The molecule has 5 heteroatoms. The molecule has 1 atom stereocenters. The maximum absolute atomic E-state index is 8.99. The molecule has 94 valence electrons. The van der Waals surface area contributed by atoms with Gasteiger partial charge in [-0.05, 0) is 19.3 Å². The van der Waals surface area contributed by atoms with E-state index in [0.29, 0.717) is 11.7 Å². The fraction of sp³-hybridized carbons (Fsp3) is 0.833. The van der Waals surface area contributed by atoms with Gasteiger partial charge in [-0.3, -0.25) is 4.90 Å². The molecule has 1 aromatic heterocycles. The zero-order valence-electron chi connectivity index (χ0n) is 10.1. The summed E-state index contributed by atoms with van der Waals surface area (Å²) in [5.74, 6) is 0. The minimum Gasteiger partial charge on any atom is -0.390 e. The minimum absolute atomic E-state index is 0.0148. The Balaban J connectivity index is 1.62. The molecule has 3 rings (SSSR count). The van der Waals surface area contributed by atoms with Crippen molar-refractivity contribution in [2.75, 3.05) is 13.1 Å². The Hall–Kier alpha value is -0.940. The van der Waals surface area contributed by atoms with E-state index in [9.17, 15) is 0 Å². The van der Waals surface area contributed by atoms with Gasteiger partial charge in [0.1, 0.15) is 5.69 Å². The van der Waals surface area contributed by atoms with Gasteiger partial charge in [-0.15, -0.1) is 5.10 Å². The second-order valence-corrected chi connectivity index (χ2v) is 5.22. The zero-order chi connectivity index (χ0) is 11.7. The largest absolute Gasteiger partial charge is 0.390 e. The van der Waals surface area contributed by atoms with Gasteiger partial charge in [0, 0.05) is 19.1 Å². The fourth-order valence-electron chi connectivity index (χ4n) is 3.15. The number of aromatic nitrogens is 3. The number of aliphatic hydroxyl groups excluding tert-OH is 1. The average molecular weight is 236 g/mol. The van der Waals surface area contributed by atoms with Gasteiger partial charge in [-0.2, -0.15) is 0 Å². The van der Waals surface area contributed by atoms with Gasteiger partial charge in [0.05, 0.1) is 18.8 Å². The summed E-state index contributed by atoms with van der Waals surface area (Å²) in [7, 11) is 0. The van der Waals surface area contributed by atoms with Crippen molar-refractivity contribution in [1.29, 1.82) is 0 Å². The maximum Gasteiger partial charge on any atom is 0.108 e. The number of likely N-dealkylation sites (tertiary alicyclic amines) is 1. The van der Waals surface area contributed by atoms with Crippen LogP contribution in [0.4, 0.5) is 0 Å². The number of hydrogen-bond acceptors (Lipinski definition) is 4. The van der Waals surface area contributed by atoms with Crippen molar-refractivity contribution < 1.29 is 5.11 Å². The van der Waals surface area contributed by atoms with Crippen LogP contribution in [0.15, 0.2) is 6.20 Å². The molecule has 1 saturated heterocycles. The summed E-state index contributed by atoms with van der Waals surface area (Å²) in [4.78, 5) is 2.61. The van der Waals surface area contributed by atoms with Crippen molar-refractivity contribution in [3.05, 3.63) is 11.9 Å². The van der Waals surface area contributed by atoms with Crippen LogP contribution >= 0.6 is 0 Å². The topological polar surface area (TPSA) is 54.2 Å². The highest BCUT2D eigenvalue weighted by molar-refractivity contribution is 4.93. The first-order chi connectivity index (χ1) is 8.36. The van der Waals surface area contributed by atoms with E-state index in [1.54, 1.807) is 0 Å². The van der Waals surface area contributed by atoms with Crippen molar-refractivity contribution in [1.82, 2.24) is 19.9 Å². The molecule has 1 aliphatic carbocycles. The van der Waals surface area contributed by atoms with E-state index < -0.39 is 0 Å². The van der Waals surface area contributed by atoms with Crippen LogP contribution in [0.25, 0.3) is 0 Å². The van der Waals surface area contributed by atoms with Gasteiger partial charge in [0.15, 0.2) is 0 Å². The summed E-state index contributed by atoms with van der Waals surface area (Å²) in [5.41, 5.74) is 0.671. The molecule has 0 spiro atoms. The van der Waals surface area contributed by atoms with Gasteiger partial charge >= 0.3 is 0 Å². The van der Waals surface area contributed by atoms with Crippen LogP contribution < -0.4 is 0 Å². The van der Waals surface area contributed by atoms with Gasteiger partial charge in [-0.1, -0.05) is 18.1 Å². The highest BCUT2D eigenvalue weighted by Crippen LogP contribution is 2.30. The lowest BCUT2D eigenvalue weighted by atomic mass is 10.2. The molecular weight excluding hydrogens is 216 g/mol. The Morgan fingerprint density at radius 2 is 2.06 bits per heavy atom. The number of rotatable bonds is 3. The maximum atomic E-state index is 8.99. The summed E-state index contributed by atoms with van der Waals surface area (Å²) in [6, 6.07) is 1.25. The molecule has 0 amide bonds. The molecule has 0 bridgehead atoms. The molecule has 1 N–H and O–H groups in total. The second-order valence-electron chi connectivity index (χ2n) is 5.22. The van der Waals surface area contributed by atoms with Crippen molar-refractivity contribution >= 4 is 0 Å². The highest BCUT2D eigenvalue weighted by Gasteiger charge is 2.31. The second kappa shape index (κ2) is 4.74. The molecule has 17 heavy (non-hydrogen) atoms. The summed E-state index contributed by atoms with van der Waals surface area (Å²) in [5, 5.41) is 17.0. The molecule has 2 fully saturated rings. The number of aliphatic hydroxyl groups is 1. The minimum atomic E-state index is -0.0148. The van der Waals surface area contributed by atoms with Gasteiger partial charge in [-0.25, -0.2) is 4.68 Å². The first-order valence-electron chi connectivity index (χ1n) is 6.62. The third kappa shape index (κ3) is 2.21. The molecule has 0 unspecified atom stereocenters. The van der Waals surface area contributed by atoms with E-state index in [4.69, 9.17) is 5.11 Å². The lowest BCUT2D eigenvalue weighted by molar-refractivity contribution is 0.235. The monoisotopic (exact) mass is 236 g/mol. The molecule has 2 aliphatic rings. The number of hydrogen-bond donors (Lipinski definition) is 1. The summed E-state index contributed by atoms with van der Waals surface area (Å²) in [6.45, 7) is 2.27. The van der Waals surface area contributed by atoms with Crippen LogP contribution in [0.3, 0.4) is 0 Å².